The highest BCUT2D eigenvalue weighted by Crippen LogP contribution is 2.20. The van der Waals surface area contributed by atoms with Crippen LogP contribution in [0.3, 0.4) is 0 Å². The first-order chi connectivity index (χ1) is 11.5. The van der Waals surface area contributed by atoms with E-state index in [1.165, 1.54) is 6.20 Å². The number of hydrogen-bond donors (Lipinski definition) is 0. The number of benzene rings is 1. The molecule has 0 aliphatic carbocycles. The van der Waals surface area contributed by atoms with Crippen LogP contribution in [0.4, 0.5) is 0 Å². The fourth-order valence-electron chi connectivity index (χ4n) is 2.46. The summed E-state index contributed by atoms with van der Waals surface area (Å²) in [6, 6.07) is 7.12. The number of rotatable bonds is 6. The molecular formula is C16H18N4O3S. The number of ether oxygens (including phenoxy) is 1. The van der Waals surface area contributed by atoms with Crippen LogP contribution in [0.25, 0.3) is 5.69 Å². The van der Waals surface area contributed by atoms with Crippen molar-refractivity contribution in [3.8, 4) is 11.4 Å². The van der Waals surface area contributed by atoms with Gasteiger partial charge in [-0.1, -0.05) is 0 Å². The summed E-state index contributed by atoms with van der Waals surface area (Å²) in [6.07, 6.45) is 6.47. The molecule has 0 spiro atoms. The average Bonchev–Trinajstić information content (AvgIpc) is 3.23. The third kappa shape index (κ3) is 3.05. The molecule has 7 nitrogen and oxygen atoms in total. The first kappa shape index (κ1) is 16.3. The van der Waals surface area contributed by atoms with Gasteiger partial charge in [0.15, 0.2) is 0 Å². The van der Waals surface area contributed by atoms with Gasteiger partial charge in [0.1, 0.15) is 17.3 Å². The molecule has 0 amide bonds. The SMILES string of the molecule is CCn1ccnc1CS(=O)(=O)c1nccn1-c1ccc(OC)cc1. The van der Waals surface area contributed by atoms with Gasteiger partial charge in [0.25, 0.3) is 0 Å². The van der Waals surface area contributed by atoms with Crippen LogP contribution in [0.2, 0.25) is 0 Å². The minimum Gasteiger partial charge on any atom is -0.497 e. The Bertz CT molecular complexity index is 926. The normalized spacial score (nSPS) is 11.6. The van der Waals surface area contributed by atoms with E-state index in [0.29, 0.717) is 23.8 Å². The van der Waals surface area contributed by atoms with Crippen molar-refractivity contribution < 1.29 is 13.2 Å². The lowest BCUT2D eigenvalue weighted by atomic mass is 10.3. The van der Waals surface area contributed by atoms with E-state index in [-0.39, 0.29) is 10.9 Å². The van der Waals surface area contributed by atoms with Gasteiger partial charge < -0.3 is 9.30 Å². The second-order valence-electron chi connectivity index (χ2n) is 5.17. The lowest BCUT2D eigenvalue weighted by molar-refractivity contribution is 0.414. The highest BCUT2D eigenvalue weighted by Gasteiger charge is 2.24. The molecule has 0 bridgehead atoms. The smallest absolute Gasteiger partial charge is 0.232 e. The lowest BCUT2D eigenvalue weighted by Crippen LogP contribution is -2.14. The van der Waals surface area contributed by atoms with Gasteiger partial charge in [-0.3, -0.25) is 4.57 Å². The zero-order chi connectivity index (χ0) is 17.2. The van der Waals surface area contributed by atoms with Crippen molar-refractivity contribution in [2.24, 2.45) is 0 Å². The summed E-state index contributed by atoms with van der Waals surface area (Å²) in [4.78, 5) is 8.19. The van der Waals surface area contributed by atoms with E-state index in [1.807, 2.05) is 6.92 Å². The monoisotopic (exact) mass is 346 g/mol. The van der Waals surface area contributed by atoms with Gasteiger partial charge in [-0.05, 0) is 31.2 Å². The molecule has 3 aromatic rings. The van der Waals surface area contributed by atoms with Gasteiger partial charge in [0.05, 0.1) is 7.11 Å². The van der Waals surface area contributed by atoms with Crippen molar-refractivity contribution in [3.05, 3.63) is 54.9 Å². The van der Waals surface area contributed by atoms with E-state index >= 15 is 0 Å². The highest BCUT2D eigenvalue weighted by molar-refractivity contribution is 7.90. The Kier molecular flexibility index (Phi) is 4.39. The Balaban J connectivity index is 1.96. The Morgan fingerprint density at radius 3 is 2.46 bits per heavy atom. The summed E-state index contributed by atoms with van der Waals surface area (Å²) in [5.74, 6) is 1.01. The van der Waals surface area contributed by atoms with Gasteiger partial charge in [-0.15, -0.1) is 0 Å². The number of methoxy groups -OCH3 is 1. The van der Waals surface area contributed by atoms with E-state index in [2.05, 4.69) is 9.97 Å². The predicted molar refractivity (Wildman–Crippen MR) is 88.9 cm³/mol. The molecule has 0 saturated carbocycles. The fraction of sp³-hybridized carbons (Fsp3) is 0.250. The predicted octanol–water partition coefficient (Wildman–Crippen LogP) is 2.07. The summed E-state index contributed by atoms with van der Waals surface area (Å²) in [7, 11) is -2.05. The van der Waals surface area contributed by atoms with Crippen molar-refractivity contribution in [2.45, 2.75) is 24.4 Å². The van der Waals surface area contributed by atoms with E-state index < -0.39 is 9.84 Å². The van der Waals surface area contributed by atoms with Crippen molar-refractivity contribution in [3.63, 3.8) is 0 Å². The Morgan fingerprint density at radius 2 is 1.79 bits per heavy atom. The summed E-state index contributed by atoms with van der Waals surface area (Å²) in [5.41, 5.74) is 0.700. The van der Waals surface area contributed by atoms with Crippen LogP contribution in [0.1, 0.15) is 12.7 Å². The zero-order valence-corrected chi connectivity index (χ0v) is 14.3. The molecule has 8 heteroatoms. The molecule has 0 radical (unpaired) electrons. The molecule has 2 aromatic heterocycles. The van der Waals surface area contributed by atoms with Crippen molar-refractivity contribution in [1.82, 2.24) is 19.1 Å². The fourth-order valence-corrected chi connectivity index (χ4v) is 3.86. The third-order valence-corrected chi connectivity index (χ3v) is 5.19. The summed E-state index contributed by atoms with van der Waals surface area (Å²) in [6.45, 7) is 2.61. The Labute approximate surface area is 140 Å². The Morgan fingerprint density at radius 1 is 1.08 bits per heavy atom. The minimum absolute atomic E-state index is 0.00156. The van der Waals surface area contributed by atoms with Crippen LogP contribution < -0.4 is 4.74 Å². The van der Waals surface area contributed by atoms with Gasteiger partial charge in [0.2, 0.25) is 15.0 Å². The molecule has 126 valence electrons. The number of aryl methyl sites for hydroxylation is 1. The second-order valence-corrected chi connectivity index (χ2v) is 7.05. The molecule has 0 N–H and O–H groups in total. The highest BCUT2D eigenvalue weighted by atomic mass is 32.2. The molecule has 0 fully saturated rings. The second kappa shape index (κ2) is 6.48. The molecule has 0 saturated heterocycles. The van der Waals surface area contributed by atoms with Crippen molar-refractivity contribution >= 4 is 9.84 Å². The minimum atomic E-state index is -3.63. The number of imidazole rings is 2. The standard InChI is InChI=1S/C16H18N4O3S/c1-3-19-10-8-17-15(19)12-24(21,22)16-18-9-11-20(16)13-4-6-14(23-2)7-5-13/h4-11H,3,12H2,1-2H3. The molecule has 1 aromatic carbocycles. The molecule has 0 aliphatic rings. The zero-order valence-electron chi connectivity index (χ0n) is 13.5. The van der Waals surface area contributed by atoms with Crippen LogP contribution in [0.5, 0.6) is 5.75 Å². The van der Waals surface area contributed by atoms with Gasteiger partial charge >= 0.3 is 0 Å². The van der Waals surface area contributed by atoms with Crippen LogP contribution in [0.15, 0.2) is 54.2 Å². The summed E-state index contributed by atoms with van der Waals surface area (Å²) >= 11 is 0. The largest absolute Gasteiger partial charge is 0.497 e. The maximum Gasteiger partial charge on any atom is 0.232 e. The Hall–Kier alpha value is -2.61. The molecule has 0 aliphatic heterocycles. The molecule has 0 unspecified atom stereocenters. The van der Waals surface area contributed by atoms with Gasteiger partial charge in [-0.25, -0.2) is 18.4 Å². The van der Waals surface area contributed by atoms with E-state index in [9.17, 15) is 8.42 Å². The number of aromatic nitrogens is 4. The molecular weight excluding hydrogens is 328 g/mol. The third-order valence-electron chi connectivity index (χ3n) is 3.70. The maximum atomic E-state index is 12.8. The maximum absolute atomic E-state index is 12.8. The topological polar surface area (TPSA) is 79.0 Å². The number of hydrogen-bond acceptors (Lipinski definition) is 5. The van der Waals surface area contributed by atoms with Crippen LogP contribution >= 0.6 is 0 Å². The van der Waals surface area contributed by atoms with Gasteiger partial charge in [-0.2, -0.15) is 0 Å². The van der Waals surface area contributed by atoms with E-state index in [1.54, 1.807) is 59.1 Å². The van der Waals surface area contributed by atoms with Gasteiger partial charge in [0, 0.05) is 37.0 Å². The van der Waals surface area contributed by atoms with Crippen molar-refractivity contribution in [2.75, 3.05) is 7.11 Å². The molecule has 0 atom stereocenters. The quantitative estimate of drug-likeness (QED) is 0.683. The van der Waals surface area contributed by atoms with Crippen LogP contribution in [-0.2, 0) is 22.1 Å². The first-order valence-corrected chi connectivity index (χ1v) is 9.11. The van der Waals surface area contributed by atoms with E-state index in [4.69, 9.17) is 4.74 Å². The summed E-state index contributed by atoms with van der Waals surface area (Å²) < 4.78 is 34.0. The molecule has 3 rings (SSSR count). The number of sulfone groups is 1. The lowest BCUT2D eigenvalue weighted by Gasteiger charge is -2.10. The first-order valence-electron chi connectivity index (χ1n) is 7.45. The average molecular weight is 346 g/mol. The summed E-state index contributed by atoms with van der Waals surface area (Å²) in [5, 5.41) is -0.00156. The molecule has 2 heterocycles. The molecule has 24 heavy (non-hydrogen) atoms. The van der Waals surface area contributed by atoms with Crippen LogP contribution in [0, 0.1) is 0 Å². The van der Waals surface area contributed by atoms with E-state index in [0.717, 1.165) is 0 Å². The number of nitrogens with zero attached hydrogens (tertiary/aromatic N) is 4. The van der Waals surface area contributed by atoms with Crippen molar-refractivity contribution in [1.29, 1.82) is 0 Å². The van der Waals surface area contributed by atoms with Crippen LogP contribution in [-0.4, -0.2) is 34.6 Å².